The van der Waals surface area contributed by atoms with E-state index in [0.717, 1.165) is 47.5 Å². The number of carbonyl (C=O) groups is 1. The second kappa shape index (κ2) is 7.63. The van der Waals surface area contributed by atoms with Crippen molar-refractivity contribution < 1.29 is 9.18 Å². The lowest BCUT2D eigenvalue weighted by Gasteiger charge is -2.22. The number of anilines is 1. The van der Waals surface area contributed by atoms with Crippen LogP contribution in [0.2, 0.25) is 0 Å². The van der Waals surface area contributed by atoms with Crippen molar-refractivity contribution in [3.8, 4) is 0 Å². The van der Waals surface area contributed by atoms with Crippen LogP contribution >= 0.6 is 0 Å². The molecule has 27 heavy (non-hydrogen) atoms. The van der Waals surface area contributed by atoms with E-state index in [1.165, 1.54) is 31.4 Å². The van der Waals surface area contributed by atoms with Crippen molar-refractivity contribution in [3.63, 3.8) is 0 Å². The largest absolute Gasteiger partial charge is 0.304 e. The molecule has 4 heteroatoms. The molecule has 0 atom stereocenters. The Labute approximate surface area is 159 Å². The molecule has 2 heterocycles. The average Bonchev–Trinajstić information content (AvgIpc) is 3.04. The van der Waals surface area contributed by atoms with Gasteiger partial charge in [0.05, 0.1) is 12.2 Å². The van der Waals surface area contributed by atoms with Crippen LogP contribution in [-0.4, -0.2) is 10.9 Å². The fourth-order valence-corrected chi connectivity index (χ4v) is 4.22. The van der Waals surface area contributed by atoms with Crippen molar-refractivity contribution in [1.82, 2.24) is 4.98 Å². The summed E-state index contributed by atoms with van der Waals surface area (Å²) in [6, 6.07) is 8.16. The topological polar surface area (TPSA) is 33.2 Å². The number of amides is 1. The maximum absolute atomic E-state index is 13.3. The number of aromatic nitrogens is 1. The molecule has 1 saturated carbocycles. The van der Waals surface area contributed by atoms with Gasteiger partial charge in [-0.05, 0) is 50.1 Å². The van der Waals surface area contributed by atoms with Crippen LogP contribution in [0, 0.1) is 5.82 Å². The molecule has 1 fully saturated rings. The van der Waals surface area contributed by atoms with Crippen molar-refractivity contribution in [2.24, 2.45) is 0 Å². The van der Waals surface area contributed by atoms with Gasteiger partial charge in [0.2, 0.25) is 0 Å². The van der Waals surface area contributed by atoms with E-state index in [-0.39, 0.29) is 11.7 Å². The number of carbonyl (C=O) groups excluding carboxylic acids is 1. The third-order valence-corrected chi connectivity index (χ3v) is 5.73. The van der Waals surface area contributed by atoms with Crippen molar-refractivity contribution >= 4 is 11.6 Å². The molecule has 0 spiro atoms. The van der Waals surface area contributed by atoms with Gasteiger partial charge in [-0.3, -0.25) is 9.78 Å². The fraction of sp³-hybridized carbons (Fsp3) is 0.391. The van der Waals surface area contributed by atoms with Crippen molar-refractivity contribution in [2.75, 3.05) is 4.90 Å². The summed E-state index contributed by atoms with van der Waals surface area (Å²) in [5, 5.41) is 0. The summed E-state index contributed by atoms with van der Waals surface area (Å²) in [6.45, 7) is 2.51. The fourth-order valence-electron chi connectivity index (χ4n) is 4.22. The summed E-state index contributed by atoms with van der Waals surface area (Å²) in [5.41, 5.74) is 4.59. The Balaban J connectivity index is 1.72. The number of fused-ring (bicyclic) bond motifs is 1. The van der Waals surface area contributed by atoms with Crippen LogP contribution in [0.25, 0.3) is 0 Å². The molecule has 2 aromatic rings. The van der Waals surface area contributed by atoms with Crippen molar-refractivity contribution in [1.29, 1.82) is 0 Å². The Hall–Kier alpha value is -2.49. The maximum atomic E-state index is 13.3. The van der Waals surface area contributed by atoms with E-state index in [2.05, 4.69) is 6.08 Å². The van der Waals surface area contributed by atoms with E-state index in [9.17, 15) is 9.18 Å². The first-order valence-electron chi connectivity index (χ1n) is 9.88. The first-order valence-corrected chi connectivity index (χ1v) is 9.88. The minimum Gasteiger partial charge on any atom is -0.304 e. The minimum absolute atomic E-state index is 0.00204. The molecule has 0 saturated heterocycles. The number of rotatable bonds is 4. The predicted octanol–water partition coefficient (Wildman–Crippen LogP) is 5.55. The monoisotopic (exact) mass is 364 g/mol. The third kappa shape index (κ3) is 3.53. The van der Waals surface area contributed by atoms with E-state index >= 15 is 0 Å². The normalized spacial score (nSPS) is 17.7. The number of benzene rings is 1. The van der Waals surface area contributed by atoms with Crippen LogP contribution in [0.5, 0.6) is 0 Å². The minimum atomic E-state index is -0.294. The summed E-state index contributed by atoms with van der Waals surface area (Å²) in [4.78, 5) is 19.9. The lowest BCUT2D eigenvalue weighted by Crippen LogP contribution is -2.22. The highest BCUT2D eigenvalue weighted by atomic mass is 19.1. The Morgan fingerprint density at radius 2 is 1.93 bits per heavy atom. The van der Waals surface area contributed by atoms with Gasteiger partial charge in [-0.15, -0.1) is 0 Å². The highest BCUT2D eigenvalue weighted by molar-refractivity contribution is 6.10. The molecule has 140 valence electrons. The van der Waals surface area contributed by atoms with Crippen molar-refractivity contribution in [3.05, 3.63) is 70.8 Å². The van der Waals surface area contributed by atoms with Gasteiger partial charge >= 0.3 is 0 Å². The molecule has 0 radical (unpaired) electrons. The lowest BCUT2D eigenvalue weighted by molar-refractivity contribution is 0.0996. The molecular weight excluding hydrogens is 339 g/mol. The van der Waals surface area contributed by atoms with E-state index in [0.29, 0.717) is 12.5 Å². The number of hydrogen-bond acceptors (Lipinski definition) is 2. The molecule has 2 aliphatic rings. The Morgan fingerprint density at radius 3 is 2.63 bits per heavy atom. The second-order valence-electron chi connectivity index (χ2n) is 7.50. The van der Waals surface area contributed by atoms with E-state index in [1.54, 1.807) is 17.0 Å². The van der Waals surface area contributed by atoms with Crippen LogP contribution in [0.1, 0.15) is 72.3 Å². The summed E-state index contributed by atoms with van der Waals surface area (Å²) in [7, 11) is 0. The van der Waals surface area contributed by atoms with E-state index in [4.69, 9.17) is 4.98 Å². The average molecular weight is 364 g/mol. The zero-order chi connectivity index (χ0) is 18.8. The molecule has 0 unspecified atom stereocenters. The molecule has 1 aromatic carbocycles. The number of allylic oxidation sites excluding steroid dienone is 2. The standard InChI is InChI=1S/C23H25FN2O/c1-2-3-9-21-20-15-26(18-12-10-17(24)11-13-18)23(27)19(20)14-22(25-21)16-7-5-4-6-8-16/h2-3,10-14,16H,4-9,15H2,1H3/b3-2-. The highest BCUT2D eigenvalue weighted by Crippen LogP contribution is 2.36. The number of halogens is 1. The number of hydrogen-bond donors (Lipinski definition) is 0. The summed E-state index contributed by atoms with van der Waals surface area (Å²) < 4.78 is 13.3. The maximum Gasteiger partial charge on any atom is 0.259 e. The van der Waals surface area contributed by atoms with Crippen molar-refractivity contribution in [2.45, 2.75) is 57.9 Å². The molecule has 3 nitrogen and oxygen atoms in total. The quantitative estimate of drug-likeness (QED) is 0.667. The van der Waals surface area contributed by atoms with Gasteiger partial charge in [-0.2, -0.15) is 0 Å². The van der Waals surface area contributed by atoms with Crippen LogP contribution in [0.3, 0.4) is 0 Å². The second-order valence-corrected chi connectivity index (χ2v) is 7.50. The van der Waals surface area contributed by atoms with Crippen LogP contribution < -0.4 is 4.90 Å². The summed E-state index contributed by atoms with van der Waals surface area (Å²) >= 11 is 0. The summed E-state index contributed by atoms with van der Waals surface area (Å²) in [5.74, 6) is 0.164. The molecule has 4 rings (SSSR count). The van der Waals surface area contributed by atoms with Crippen LogP contribution in [-0.2, 0) is 13.0 Å². The van der Waals surface area contributed by atoms with Gasteiger partial charge in [0.15, 0.2) is 0 Å². The van der Waals surface area contributed by atoms with E-state index in [1.807, 2.05) is 19.1 Å². The smallest absolute Gasteiger partial charge is 0.259 e. The SMILES string of the molecule is C/C=C\Cc1nc(C2CCCCC2)cc2c1CN(c1ccc(F)cc1)C2=O. The first kappa shape index (κ1) is 17.9. The first-order chi connectivity index (χ1) is 13.2. The van der Waals surface area contributed by atoms with Gasteiger partial charge in [0.25, 0.3) is 5.91 Å². The number of nitrogens with zero attached hydrogens (tertiary/aromatic N) is 2. The molecule has 1 aliphatic heterocycles. The van der Waals surface area contributed by atoms with Crippen LogP contribution in [0.4, 0.5) is 10.1 Å². The van der Waals surface area contributed by atoms with Gasteiger partial charge in [0.1, 0.15) is 5.82 Å². The molecular formula is C23H25FN2O. The Morgan fingerprint density at radius 1 is 1.19 bits per heavy atom. The molecule has 1 aliphatic carbocycles. The van der Waals surface area contributed by atoms with Gasteiger partial charge in [-0.1, -0.05) is 31.4 Å². The zero-order valence-corrected chi connectivity index (χ0v) is 15.7. The zero-order valence-electron chi connectivity index (χ0n) is 15.7. The lowest BCUT2D eigenvalue weighted by atomic mass is 9.85. The molecule has 1 aromatic heterocycles. The van der Waals surface area contributed by atoms with Gasteiger partial charge < -0.3 is 4.90 Å². The van der Waals surface area contributed by atoms with E-state index < -0.39 is 0 Å². The highest BCUT2D eigenvalue weighted by Gasteiger charge is 2.32. The number of pyridine rings is 1. The molecule has 0 N–H and O–H groups in total. The van der Waals surface area contributed by atoms with Gasteiger partial charge in [-0.25, -0.2) is 4.39 Å². The molecule has 0 bridgehead atoms. The Kier molecular flexibility index (Phi) is 5.06. The van der Waals surface area contributed by atoms with Gasteiger partial charge in [0, 0.05) is 34.8 Å². The predicted molar refractivity (Wildman–Crippen MR) is 105 cm³/mol. The Bertz CT molecular complexity index is 867. The third-order valence-electron chi connectivity index (χ3n) is 5.73. The summed E-state index contributed by atoms with van der Waals surface area (Å²) in [6.07, 6.45) is 10.9. The van der Waals surface area contributed by atoms with Crippen LogP contribution in [0.15, 0.2) is 42.5 Å². The molecule has 1 amide bonds.